The van der Waals surface area contributed by atoms with Crippen molar-refractivity contribution in [3.8, 4) is 5.88 Å². The Morgan fingerprint density at radius 1 is 1.30 bits per heavy atom. The van der Waals surface area contributed by atoms with Gasteiger partial charge in [0.05, 0.1) is 5.56 Å². The molecule has 0 amide bonds. The first-order chi connectivity index (χ1) is 9.28. The van der Waals surface area contributed by atoms with E-state index in [2.05, 4.69) is 44.6 Å². The highest BCUT2D eigenvalue weighted by Crippen LogP contribution is 2.41. The normalized spacial score (nSPS) is 25.8. The lowest BCUT2D eigenvalue weighted by Gasteiger charge is -2.38. The molecule has 1 fully saturated rings. The Hall–Kier alpha value is -0.830. The summed E-state index contributed by atoms with van der Waals surface area (Å²) >= 11 is 6.20. The van der Waals surface area contributed by atoms with Gasteiger partial charge in [-0.25, -0.2) is 9.97 Å². The molecule has 2 atom stereocenters. The van der Waals surface area contributed by atoms with Gasteiger partial charge in [0.25, 0.3) is 0 Å². The van der Waals surface area contributed by atoms with Crippen LogP contribution in [0.3, 0.4) is 0 Å². The Labute approximate surface area is 127 Å². The van der Waals surface area contributed by atoms with Crippen LogP contribution in [0.1, 0.15) is 65.4 Å². The molecule has 0 saturated heterocycles. The van der Waals surface area contributed by atoms with Gasteiger partial charge in [-0.1, -0.05) is 46.2 Å². The minimum absolute atomic E-state index is 0.220. The van der Waals surface area contributed by atoms with Crippen LogP contribution in [0, 0.1) is 11.3 Å². The van der Waals surface area contributed by atoms with E-state index < -0.39 is 0 Å². The second-order valence-electron chi connectivity index (χ2n) is 7.19. The maximum atomic E-state index is 6.20. The van der Waals surface area contributed by atoms with E-state index >= 15 is 0 Å². The van der Waals surface area contributed by atoms with Crippen molar-refractivity contribution in [2.24, 2.45) is 11.3 Å². The number of ether oxygens (including phenoxy) is 1. The third-order valence-corrected chi connectivity index (χ3v) is 4.30. The first kappa shape index (κ1) is 15.6. The van der Waals surface area contributed by atoms with E-state index in [1.54, 1.807) is 0 Å². The molecule has 0 N–H and O–H groups in total. The first-order valence-corrected chi connectivity index (χ1v) is 7.83. The molecule has 20 heavy (non-hydrogen) atoms. The van der Waals surface area contributed by atoms with Crippen LogP contribution in [0.25, 0.3) is 0 Å². The van der Waals surface area contributed by atoms with Gasteiger partial charge in [0.15, 0.2) is 0 Å². The summed E-state index contributed by atoms with van der Waals surface area (Å²) in [6.45, 7) is 11.1. The number of halogens is 1. The van der Waals surface area contributed by atoms with Gasteiger partial charge in [-0.3, -0.25) is 0 Å². The fraction of sp³-hybridized carbons (Fsp3) is 0.750. The molecule has 1 aliphatic rings. The van der Waals surface area contributed by atoms with Crippen molar-refractivity contribution in [3.05, 3.63) is 17.0 Å². The van der Waals surface area contributed by atoms with Crippen molar-refractivity contribution in [2.45, 2.75) is 65.9 Å². The summed E-state index contributed by atoms with van der Waals surface area (Å²) in [7, 11) is 0. The highest BCUT2D eigenvalue weighted by atomic mass is 35.5. The molecule has 1 aromatic heterocycles. The highest BCUT2D eigenvalue weighted by molar-refractivity contribution is 6.30. The average Bonchev–Trinajstić information content (AvgIpc) is 2.25. The molecule has 1 aromatic rings. The quantitative estimate of drug-likeness (QED) is 0.748. The molecule has 112 valence electrons. The van der Waals surface area contributed by atoms with Gasteiger partial charge in [-0.15, -0.1) is 0 Å². The molecule has 1 aliphatic carbocycles. The van der Waals surface area contributed by atoms with Gasteiger partial charge in [-0.05, 0) is 36.5 Å². The van der Waals surface area contributed by atoms with Crippen molar-refractivity contribution >= 4 is 11.6 Å². The van der Waals surface area contributed by atoms with Crippen LogP contribution in [0.4, 0.5) is 0 Å². The molecular formula is C16H25ClN2O. The van der Waals surface area contributed by atoms with Gasteiger partial charge >= 0.3 is 0 Å². The van der Waals surface area contributed by atoms with Crippen LogP contribution in [0.2, 0.25) is 5.15 Å². The lowest BCUT2D eigenvalue weighted by molar-refractivity contribution is 0.0523. The van der Waals surface area contributed by atoms with Crippen molar-refractivity contribution in [1.82, 2.24) is 9.97 Å². The van der Waals surface area contributed by atoms with Crippen LogP contribution >= 0.6 is 11.6 Å². The molecule has 0 bridgehead atoms. The van der Waals surface area contributed by atoms with E-state index in [9.17, 15) is 0 Å². The minimum Gasteiger partial charge on any atom is -0.474 e. The van der Waals surface area contributed by atoms with Gasteiger partial charge in [0.1, 0.15) is 17.6 Å². The van der Waals surface area contributed by atoms with E-state index in [1.165, 1.54) is 12.7 Å². The predicted molar refractivity (Wildman–Crippen MR) is 82.3 cm³/mol. The zero-order chi connectivity index (χ0) is 14.9. The molecule has 4 heteroatoms. The Morgan fingerprint density at radius 2 is 2.00 bits per heavy atom. The van der Waals surface area contributed by atoms with Gasteiger partial charge < -0.3 is 4.74 Å². The van der Waals surface area contributed by atoms with E-state index in [0.717, 1.165) is 18.4 Å². The number of nitrogens with zero attached hydrogens (tertiary/aromatic N) is 2. The SMILES string of the molecule is CC1CC(Oc2ncnc(Cl)c2C(C)C)CC(C)(C)C1. The lowest BCUT2D eigenvalue weighted by Crippen LogP contribution is -2.34. The summed E-state index contributed by atoms with van der Waals surface area (Å²) in [6.07, 6.45) is 5.12. The highest BCUT2D eigenvalue weighted by Gasteiger charge is 2.34. The molecular weight excluding hydrogens is 272 g/mol. The van der Waals surface area contributed by atoms with E-state index in [0.29, 0.717) is 22.4 Å². The Morgan fingerprint density at radius 3 is 2.60 bits per heavy atom. The van der Waals surface area contributed by atoms with Crippen LogP contribution in [0.15, 0.2) is 6.33 Å². The topological polar surface area (TPSA) is 35.0 Å². The molecule has 0 spiro atoms. The maximum Gasteiger partial charge on any atom is 0.221 e. The van der Waals surface area contributed by atoms with E-state index in [4.69, 9.17) is 16.3 Å². The summed E-state index contributed by atoms with van der Waals surface area (Å²) in [5, 5.41) is 0.508. The summed E-state index contributed by atoms with van der Waals surface area (Å²) in [5.74, 6) is 1.60. The molecule has 2 unspecified atom stereocenters. The largest absolute Gasteiger partial charge is 0.474 e. The zero-order valence-corrected chi connectivity index (χ0v) is 13.9. The summed E-state index contributed by atoms with van der Waals surface area (Å²) in [4.78, 5) is 8.38. The van der Waals surface area contributed by atoms with Crippen molar-refractivity contribution < 1.29 is 4.74 Å². The standard InChI is InChI=1S/C16H25ClN2O/c1-10(2)13-14(17)18-9-19-15(13)20-12-6-11(3)7-16(4,5)8-12/h9-12H,6-8H2,1-5H3. The summed E-state index contributed by atoms with van der Waals surface area (Å²) in [6, 6.07) is 0. The summed E-state index contributed by atoms with van der Waals surface area (Å²) in [5.41, 5.74) is 1.25. The van der Waals surface area contributed by atoms with Crippen molar-refractivity contribution in [2.75, 3.05) is 0 Å². The second-order valence-corrected chi connectivity index (χ2v) is 7.55. The van der Waals surface area contributed by atoms with Gasteiger partial charge in [0, 0.05) is 0 Å². The number of aromatic nitrogens is 2. The minimum atomic E-state index is 0.220. The maximum absolute atomic E-state index is 6.20. The Kier molecular flexibility index (Phi) is 4.58. The van der Waals surface area contributed by atoms with Gasteiger partial charge in [-0.2, -0.15) is 0 Å². The second kappa shape index (κ2) is 5.88. The van der Waals surface area contributed by atoms with E-state index in [-0.39, 0.29) is 12.0 Å². The monoisotopic (exact) mass is 296 g/mol. The number of hydrogen-bond acceptors (Lipinski definition) is 3. The van der Waals surface area contributed by atoms with Crippen LogP contribution in [0.5, 0.6) is 5.88 Å². The summed E-state index contributed by atoms with van der Waals surface area (Å²) < 4.78 is 6.20. The molecule has 0 radical (unpaired) electrons. The molecule has 3 nitrogen and oxygen atoms in total. The first-order valence-electron chi connectivity index (χ1n) is 7.45. The molecule has 0 aliphatic heterocycles. The zero-order valence-electron chi connectivity index (χ0n) is 13.1. The smallest absolute Gasteiger partial charge is 0.221 e. The third-order valence-electron chi connectivity index (χ3n) is 4.00. The fourth-order valence-corrected chi connectivity index (χ4v) is 3.79. The third kappa shape index (κ3) is 3.63. The number of rotatable bonds is 3. The lowest BCUT2D eigenvalue weighted by atomic mass is 9.71. The van der Waals surface area contributed by atoms with Crippen LogP contribution in [-0.4, -0.2) is 16.1 Å². The molecule has 1 saturated carbocycles. The molecule has 0 aromatic carbocycles. The predicted octanol–water partition coefficient (Wildman–Crippen LogP) is 4.85. The molecule has 2 rings (SSSR count). The fourth-order valence-electron chi connectivity index (χ4n) is 3.44. The van der Waals surface area contributed by atoms with E-state index in [1.807, 2.05) is 0 Å². The molecule has 1 heterocycles. The van der Waals surface area contributed by atoms with Crippen molar-refractivity contribution in [1.29, 1.82) is 0 Å². The van der Waals surface area contributed by atoms with Gasteiger partial charge in [0.2, 0.25) is 5.88 Å². The van der Waals surface area contributed by atoms with Crippen molar-refractivity contribution in [3.63, 3.8) is 0 Å². The van der Waals surface area contributed by atoms with Crippen LogP contribution < -0.4 is 4.74 Å². The Bertz CT molecular complexity index is 474. The number of hydrogen-bond donors (Lipinski definition) is 0. The average molecular weight is 297 g/mol. The van der Waals surface area contributed by atoms with Crippen LogP contribution in [-0.2, 0) is 0 Å². The Balaban J connectivity index is 2.20.